The number of thiophene rings is 1. The number of aryl methyl sites for hydroxylation is 2. The molecule has 90 valence electrons. The van der Waals surface area contributed by atoms with E-state index in [0.717, 1.165) is 11.3 Å². The molecule has 1 amide bonds. The minimum absolute atomic E-state index is 0.0434. The molecule has 0 aliphatic rings. The third kappa shape index (κ3) is 3.91. The van der Waals surface area contributed by atoms with Crippen molar-refractivity contribution in [3.05, 3.63) is 21.4 Å². The topological polar surface area (TPSA) is 29.1 Å². The molecule has 0 aliphatic carbocycles. The predicted octanol–water partition coefficient (Wildman–Crippen LogP) is 3.66. The summed E-state index contributed by atoms with van der Waals surface area (Å²) in [4.78, 5) is 14.3. The summed E-state index contributed by atoms with van der Waals surface area (Å²) in [6.45, 7) is 8.19. The molecule has 4 heteroatoms. The molecular formula is C12H18BrNOS. The van der Waals surface area contributed by atoms with Gasteiger partial charge in [-0.1, -0.05) is 22.9 Å². The molecule has 0 spiro atoms. The Kier molecular flexibility index (Phi) is 4.99. The van der Waals surface area contributed by atoms with Gasteiger partial charge in [0.05, 0.1) is 4.88 Å². The number of hydrogen-bond donors (Lipinski definition) is 1. The number of rotatable bonds is 4. The second-order valence-corrected chi connectivity index (χ2v) is 7.06. The number of nitrogens with one attached hydrogen (secondary N) is 1. The Morgan fingerprint density at radius 2 is 2.12 bits per heavy atom. The first-order chi connectivity index (χ1) is 7.40. The third-order valence-corrected chi connectivity index (χ3v) is 3.97. The van der Waals surface area contributed by atoms with E-state index in [9.17, 15) is 4.79 Å². The van der Waals surface area contributed by atoms with Crippen LogP contribution in [0.3, 0.4) is 0 Å². The minimum atomic E-state index is 0.0434. The largest absolute Gasteiger partial charge is 0.349 e. The molecule has 16 heavy (non-hydrogen) atoms. The van der Waals surface area contributed by atoms with Crippen LogP contribution in [0.15, 0.2) is 6.07 Å². The van der Waals surface area contributed by atoms with Crippen molar-refractivity contribution >= 4 is 33.2 Å². The van der Waals surface area contributed by atoms with Crippen molar-refractivity contribution in [1.82, 2.24) is 5.32 Å². The number of halogens is 1. The molecule has 1 rings (SSSR count). The van der Waals surface area contributed by atoms with E-state index in [1.807, 2.05) is 26.8 Å². The molecule has 2 nitrogen and oxygen atoms in total. The Labute approximate surface area is 110 Å². The van der Waals surface area contributed by atoms with Crippen LogP contribution in [0.5, 0.6) is 0 Å². The fraction of sp³-hybridized carbons (Fsp3) is 0.583. The molecule has 2 atom stereocenters. The Hall–Kier alpha value is -0.350. The summed E-state index contributed by atoms with van der Waals surface area (Å²) in [6, 6.07) is 2.16. The van der Waals surface area contributed by atoms with Gasteiger partial charge in [-0.05, 0) is 38.8 Å². The van der Waals surface area contributed by atoms with Gasteiger partial charge in [0.25, 0.3) is 5.91 Å². The Morgan fingerprint density at radius 1 is 1.50 bits per heavy atom. The molecule has 2 unspecified atom stereocenters. The lowest BCUT2D eigenvalue weighted by Gasteiger charge is -2.14. The average Bonchev–Trinajstić information content (AvgIpc) is 2.45. The summed E-state index contributed by atoms with van der Waals surface area (Å²) in [7, 11) is 0. The summed E-state index contributed by atoms with van der Waals surface area (Å²) in [5, 5.41) is 3.01. The van der Waals surface area contributed by atoms with E-state index >= 15 is 0 Å². The molecule has 0 aliphatic heterocycles. The van der Waals surface area contributed by atoms with E-state index in [0.29, 0.717) is 4.83 Å². The fourth-order valence-corrected chi connectivity index (χ4v) is 3.02. The lowest BCUT2D eigenvalue weighted by atomic mass is 10.2. The smallest absolute Gasteiger partial charge is 0.261 e. The Bertz CT molecular complexity index is 354. The van der Waals surface area contributed by atoms with E-state index in [1.165, 1.54) is 10.4 Å². The zero-order valence-electron chi connectivity index (χ0n) is 10.1. The van der Waals surface area contributed by atoms with Gasteiger partial charge in [0, 0.05) is 15.7 Å². The molecule has 1 heterocycles. The first kappa shape index (κ1) is 13.7. The van der Waals surface area contributed by atoms with Gasteiger partial charge in [0.1, 0.15) is 0 Å². The van der Waals surface area contributed by atoms with Crippen LogP contribution < -0.4 is 5.32 Å². The number of amides is 1. The summed E-state index contributed by atoms with van der Waals surface area (Å²) in [5.41, 5.74) is 1.19. The van der Waals surface area contributed by atoms with Crippen LogP contribution in [-0.2, 0) is 0 Å². The van der Waals surface area contributed by atoms with E-state index in [4.69, 9.17) is 0 Å². The maximum absolute atomic E-state index is 11.9. The molecular weight excluding hydrogens is 286 g/mol. The molecule has 1 N–H and O–H groups in total. The highest BCUT2D eigenvalue weighted by molar-refractivity contribution is 9.09. The van der Waals surface area contributed by atoms with Gasteiger partial charge in [-0.3, -0.25) is 4.79 Å². The summed E-state index contributed by atoms with van der Waals surface area (Å²) in [5.74, 6) is 0.0434. The van der Waals surface area contributed by atoms with Gasteiger partial charge in [-0.15, -0.1) is 11.3 Å². The molecule has 0 saturated heterocycles. The maximum Gasteiger partial charge on any atom is 0.261 e. The number of hydrogen-bond acceptors (Lipinski definition) is 2. The monoisotopic (exact) mass is 303 g/mol. The number of carbonyl (C=O) groups excluding carboxylic acids is 1. The van der Waals surface area contributed by atoms with Gasteiger partial charge < -0.3 is 5.32 Å². The highest BCUT2D eigenvalue weighted by Crippen LogP contribution is 2.20. The third-order valence-electron chi connectivity index (χ3n) is 2.45. The number of alkyl halides is 1. The van der Waals surface area contributed by atoms with Crippen molar-refractivity contribution in [2.75, 3.05) is 0 Å². The first-order valence-electron chi connectivity index (χ1n) is 5.42. The molecule has 1 aromatic rings. The van der Waals surface area contributed by atoms with Gasteiger partial charge in [-0.25, -0.2) is 0 Å². The van der Waals surface area contributed by atoms with E-state index in [-0.39, 0.29) is 11.9 Å². The van der Waals surface area contributed by atoms with Gasteiger partial charge in [0.15, 0.2) is 0 Å². The number of carbonyl (C=O) groups is 1. The van der Waals surface area contributed by atoms with Crippen molar-refractivity contribution in [1.29, 1.82) is 0 Å². The van der Waals surface area contributed by atoms with Crippen LogP contribution >= 0.6 is 27.3 Å². The van der Waals surface area contributed by atoms with Crippen molar-refractivity contribution < 1.29 is 4.79 Å². The zero-order valence-corrected chi connectivity index (χ0v) is 12.5. The Morgan fingerprint density at radius 3 is 2.56 bits per heavy atom. The first-order valence-corrected chi connectivity index (χ1v) is 7.15. The molecule has 0 aromatic carbocycles. The molecule has 0 bridgehead atoms. The molecule has 0 saturated carbocycles. The van der Waals surface area contributed by atoms with E-state index < -0.39 is 0 Å². The lowest BCUT2D eigenvalue weighted by Crippen LogP contribution is -2.33. The zero-order chi connectivity index (χ0) is 12.3. The highest BCUT2D eigenvalue weighted by atomic mass is 79.9. The molecule has 0 radical (unpaired) electrons. The van der Waals surface area contributed by atoms with Crippen LogP contribution in [-0.4, -0.2) is 16.8 Å². The maximum atomic E-state index is 11.9. The fourth-order valence-electron chi connectivity index (χ4n) is 1.53. The van der Waals surface area contributed by atoms with Crippen LogP contribution in [0.25, 0.3) is 0 Å². The van der Waals surface area contributed by atoms with Crippen molar-refractivity contribution in [3.63, 3.8) is 0 Å². The van der Waals surface area contributed by atoms with Crippen molar-refractivity contribution in [2.24, 2.45) is 0 Å². The van der Waals surface area contributed by atoms with Crippen LogP contribution in [0.1, 0.15) is 40.4 Å². The molecule has 0 fully saturated rings. The van der Waals surface area contributed by atoms with Gasteiger partial charge >= 0.3 is 0 Å². The summed E-state index contributed by atoms with van der Waals surface area (Å²) < 4.78 is 0. The quantitative estimate of drug-likeness (QED) is 0.845. The predicted molar refractivity (Wildman–Crippen MR) is 73.7 cm³/mol. The van der Waals surface area contributed by atoms with Crippen molar-refractivity contribution in [3.8, 4) is 0 Å². The van der Waals surface area contributed by atoms with Gasteiger partial charge in [0.2, 0.25) is 0 Å². The van der Waals surface area contributed by atoms with E-state index in [1.54, 1.807) is 11.3 Å². The van der Waals surface area contributed by atoms with Gasteiger partial charge in [-0.2, -0.15) is 0 Å². The second-order valence-electron chi connectivity index (χ2n) is 4.24. The average molecular weight is 304 g/mol. The molecule has 1 aromatic heterocycles. The minimum Gasteiger partial charge on any atom is -0.349 e. The van der Waals surface area contributed by atoms with Crippen LogP contribution in [0.4, 0.5) is 0 Å². The second kappa shape index (κ2) is 5.82. The van der Waals surface area contributed by atoms with E-state index in [2.05, 4.69) is 28.2 Å². The summed E-state index contributed by atoms with van der Waals surface area (Å²) in [6.07, 6.45) is 0.940. The SMILES string of the molecule is Cc1cc(C(=O)NC(C)CC(C)Br)sc1C. The van der Waals surface area contributed by atoms with Crippen LogP contribution in [0.2, 0.25) is 0 Å². The normalized spacial score (nSPS) is 14.6. The highest BCUT2D eigenvalue weighted by Gasteiger charge is 2.14. The lowest BCUT2D eigenvalue weighted by molar-refractivity contribution is 0.0943. The summed E-state index contributed by atoms with van der Waals surface area (Å²) >= 11 is 5.05. The standard InChI is InChI=1S/C12H18BrNOS/c1-7-5-11(16-10(7)4)12(15)14-9(3)6-8(2)13/h5,8-9H,6H2,1-4H3,(H,14,15). The Balaban J connectivity index is 2.58. The van der Waals surface area contributed by atoms with Crippen LogP contribution in [0, 0.1) is 13.8 Å². The van der Waals surface area contributed by atoms with Crippen molar-refractivity contribution in [2.45, 2.75) is 45.0 Å².